The Hall–Kier alpha value is -3.54. The average Bonchev–Trinajstić information content (AvgIpc) is 3.26. The Labute approximate surface area is 180 Å². The fourth-order valence-electron chi connectivity index (χ4n) is 4.81. The number of dihydropyridines is 1. The number of fused-ring (bicyclic) bond motifs is 1. The van der Waals surface area contributed by atoms with Gasteiger partial charge in [0, 0.05) is 29.3 Å². The summed E-state index contributed by atoms with van der Waals surface area (Å²) in [4.78, 5) is 26.2. The summed E-state index contributed by atoms with van der Waals surface area (Å²) in [7, 11) is 1.36. The lowest BCUT2D eigenvalue weighted by Crippen LogP contribution is -2.36. The highest BCUT2D eigenvalue weighted by Crippen LogP contribution is 2.47. The number of hydrogen-bond donors (Lipinski definition) is 1. The van der Waals surface area contributed by atoms with Gasteiger partial charge in [0.25, 0.3) is 0 Å². The second-order valence-corrected chi connectivity index (χ2v) is 8.03. The molecule has 0 aromatic heterocycles. The van der Waals surface area contributed by atoms with Crippen LogP contribution in [0.25, 0.3) is 0 Å². The standard InChI is InChI=1S/C25H23NO5/c1-14-22(25(28)29-2)23(16-8-9-20-21(12-16)31-13-30-20)24-18(26-14)10-17(11-19(24)27)15-6-4-3-5-7-15/h3-9,12,17,23,26H,10-11,13H2,1-2H3/t17-,23+/m0/s1. The Morgan fingerprint density at radius 1 is 1.03 bits per heavy atom. The molecule has 2 aliphatic heterocycles. The van der Waals surface area contributed by atoms with Gasteiger partial charge in [0.15, 0.2) is 17.3 Å². The zero-order valence-electron chi connectivity index (χ0n) is 17.4. The Balaban J connectivity index is 1.61. The SMILES string of the molecule is COC(=O)C1=C(C)NC2=C(C(=O)C[C@@H](c3ccccc3)C2)[C@@H]1c1ccc2c(c1)OCO2. The van der Waals surface area contributed by atoms with Crippen molar-refractivity contribution in [1.82, 2.24) is 5.32 Å². The van der Waals surface area contributed by atoms with Crippen molar-refractivity contribution in [3.63, 3.8) is 0 Å². The predicted molar refractivity (Wildman–Crippen MR) is 114 cm³/mol. The number of carbonyl (C=O) groups excluding carboxylic acids is 2. The molecule has 0 saturated heterocycles. The van der Waals surface area contributed by atoms with Crippen molar-refractivity contribution in [2.45, 2.75) is 31.6 Å². The van der Waals surface area contributed by atoms with Crippen LogP contribution >= 0.6 is 0 Å². The van der Waals surface area contributed by atoms with E-state index >= 15 is 0 Å². The van der Waals surface area contributed by atoms with E-state index in [2.05, 4.69) is 17.4 Å². The lowest BCUT2D eigenvalue weighted by atomic mass is 9.71. The first-order chi connectivity index (χ1) is 15.1. The second-order valence-electron chi connectivity index (χ2n) is 8.03. The molecule has 0 spiro atoms. The van der Waals surface area contributed by atoms with Crippen molar-refractivity contribution in [2.24, 2.45) is 0 Å². The van der Waals surface area contributed by atoms with Crippen LogP contribution in [0.1, 0.15) is 42.7 Å². The number of carbonyl (C=O) groups is 2. The molecule has 0 saturated carbocycles. The molecule has 0 bridgehead atoms. The van der Waals surface area contributed by atoms with E-state index in [-0.39, 0.29) is 18.5 Å². The van der Waals surface area contributed by atoms with Crippen molar-refractivity contribution < 1.29 is 23.8 Å². The molecular weight excluding hydrogens is 394 g/mol. The minimum Gasteiger partial charge on any atom is -0.466 e. The van der Waals surface area contributed by atoms with Crippen LogP contribution in [-0.4, -0.2) is 25.7 Å². The Bertz CT molecular complexity index is 1130. The summed E-state index contributed by atoms with van der Waals surface area (Å²) in [5, 5.41) is 3.35. The first kappa shape index (κ1) is 19.4. The van der Waals surface area contributed by atoms with Gasteiger partial charge in [-0.15, -0.1) is 0 Å². The number of Topliss-reactive ketones (excluding diaryl/α,β-unsaturated/α-hetero) is 1. The van der Waals surface area contributed by atoms with Crippen molar-refractivity contribution in [3.05, 3.63) is 82.2 Å². The second kappa shape index (κ2) is 7.61. The van der Waals surface area contributed by atoms with Gasteiger partial charge < -0.3 is 19.5 Å². The number of ether oxygens (including phenoxy) is 3. The van der Waals surface area contributed by atoms with Crippen LogP contribution < -0.4 is 14.8 Å². The fourth-order valence-corrected chi connectivity index (χ4v) is 4.81. The number of methoxy groups -OCH3 is 1. The third kappa shape index (κ3) is 3.28. The molecule has 2 atom stereocenters. The number of ketones is 1. The first-order valence-corrected chi connectivity index (χ1v) is 10.3. The van der Waals surface area contributed by atoms with Gasteiger partial charge in [0.2, 0.25) is 6.79 Å². The Morgan fingerprint density at radius 2 is 1.81 bits per heavy atom. The molecule has 3 aliphatic rings. The van der Waals surface area contributed by atoms with E-state index in [1.807, 2.05) is 43.3 Å². The minimum absolute atomic E-state index is 0.0409. The van der Waals surface area contributed by atoms with E-state index in [0.717, 1.165) is 16.8 Å². The highest BCUT2D eigenvalue weighted by Gasteiger charge is 2.41. The number of nitrogens with one attached hydrogen (secondary N) is 1. The van der Waals surface area contributed by atoms with Gasteiger partial charge in [-0.3, -0.25) is 4.79 Å². The summed E-state index contributed by atoms with van der Waals surface area (Å²) in [6.07, 6.45) is 1.11. The minimum atomic E-state index is -0.512. The Morgan fingerprint density at radius 3 is 2.58 bits per heavy atom. The smallest absolute Gasteiger partial charge is 0.336 e. The molecule has 2 aromatic carbocycles. The normalized spacial score (nSPS) is 22.2. The zero-order chi connectivity index (χ0) is 21.5. The third-order valence-electron chi connectivity index (χ3n) is 6.23. The lowest BCUT2D eigenvalue weighted by Gasteiger charge is -2.36. The molecule has 1 N–H and O–H groups in total. The monoisotopic (exact) mass is 417 g/mol. The largest absolute Gasteiger partial charge is 0.466 e. The van der Waals surface area contributed by atoms with Crippen molar-refractivity contribution in [1.29, 1.82) is 0 Å². The maximum atomic E-state index is 13.5. The van der Waals surface area contributed by atoms with E-state index in [1.165, 1.54) is 7.11 Å². The van der Waals surface area contributed by atoms with Gasteiger partial charge >= 0.3 is 5.97 Å². The van der Waals surface area contributed by atoms with Crippen LogP contribution in [0.15, 0.2) is 71.1 Å². The summed E-state index contributed by atoms with van der Waals surface area (Å²) >= 11 is 0. The summed E-state index contributed by atoms with van der Waals surface area (Å²) in [5.74, 6) is 0.459. The molecular formula is C25H23NO5. The van der Waals surface area contributed by atoms with Crippen molar-refractivity contribution >= 4 is 11.8 Å². The molecule has 0 amide bonds. The number of esters is 1. The summed E-state index contributed by atoms with van der Waals surface area (Å²) in [6.45, 7) is 2.02. The summed E-state index contributed by atoms with van der Waals surface area (Å²) < 4.78 is 16.1. The number of hydrogen-bond acceptors (Lipinski definition) is 6. The number of allylic oxidation sites excluding steroid dienone is 3. The number of rotatable bonds is 3. The van der Waals surface area contributed by atoms with Crippen molar-refractivity contribution in [3.8, 4) is 11.5 Å². The topological polar surface area (TPSA) is 73.9 Å². The van der Waals surface area contributed by atoms with Crippen molar-refractivity contribution in [2.75, 3.05) is 13.9 Å². The highest BCUT2D eigenvalue weighted by molar-refractivity contribution is 6.04. The van der Waals surface area contributed by atoms with Gasteiger partial charge in [-0.05, 0) is 42.5 Å². The molecule has 0 fully saturated rings. The molecule has 2 aromatic rings. The Kier molecular flexibility index (Phi) is 4.77. The highest BCUT2D eigenvalue weighted by atomic mass is 16.7. The van der Waals surface area contributed by atoms with Crippen LogP contribution in [0.4, 0.5) is 0 Å². The third-order valence-corrected chi connectivity index (χ3v) is 6.23. The molecule has 5 rings (SSSR count). The van der Waals surface area contributed by atoms with Crippen LogP contribution in [0.3, 0.4) is 0 Å². The van der Waals surface area contributed by atoms with Crippen LogP contribution in [-0.2, 0) is 14.3 Å². The van der Waals surface area contributed by atoms with Crippen LogP contribution in [0.2, 0.25) is 0 Å². The van der Waals surface area contributed by atoms with Gasteiger partial charge in [0.05, 0.1) is 12.7 Å². The van der Waals surface area contributed by atoms with Gasteiger partial charge in [0.1, 0.15) is 0 Å². The summed E-state index contributed by atoms with van der Waals surface area (Å²) in [5.41, 5.74) is 4.62. The molecule has 0 unspecified atom stereocenters. The molecule has 6 nitrogen and oxygen atoms in total. The predicted octanol–water partition coefficient (Wildman–Crippen LogP) is 3.95. The fraction of sp³-hybridized carbons (Fsp3) is 0.280. The lowest BCUT2D eigenvalue weighted by molar-refractivity contribution is -0.136. The summed E-state index contributed by atoms with van der Waals surface area (Å²) in [6, 6.07) is 15.7. The van der Waals surface area contributed by atoms with Gasteiger partial charge in [-0.2, -0.15) is 0 Å². The van der Waals surface area contributed by atoms with Crippen LogP contribution in [0, 0.1) is 0 Å². The van der Waals surface area contributed by atoms with E-state index in [1.54, 1.807) is 0 Å². The van der Waals surface area contributed by atoms with E-state index in [0.29, 0.717) is 41.2 Å². The number of benzene rings is 2. The molecule has 31 heavy (non-hydrogen) atoms. The maximum absolute atomic E-state index is 13.5. The first-order valence-electron chi connectivity index (χ1n) is 10.3. The van der Waals surface area contributed by atoms with Crippen LogP contribution in [0.5, 0.6) is 11.5 Å². The maximum Gasteiger partial charge on any atom is 0.336 e. The van der Waals surface area contributed by atoms with E-state index < -0.39 is 11.9 Å². The molecule has 1 aliphatic carbocycles. The van der Waals surface area contributed by atoms with E-state index in [4.69, 9.17) is 14.2 Å². The molecule has 2 heterocycles. The van der Waals surface area contributed by atoms with E-state index in [9.17, 15) is 9.59 Å². The van der Waals surface area contributed by atoms with Gasteiger partial charge in [-0.25, -0.2) is 4.79 Å². The molecule has 0 radical (unpaired) electrons. The molecule has 158 valence electrons. The quantitative estimate of drug-likeness (QED) is 0.763. The molecule has 6 heteroatoms. The van der Waals surface area contributed by atoms with Gasteiger partial charge in [-0.1, -0.05) is 36.4 Å². The zero-order valence-corrected chi connectivity index (χ0v) is 17.4. The average molecular weight is 417 g/mol.